The van der Waals surface area contributed by atoms with E-state index in [1.165, 1.54) is 4.90 Å². The van der Waals surface area contributed by atoms with Crippen LogP contribution in [0.3, 0.4) is 0 Å². The van der Waals surface area contributed by atoms with Gasteiger partial charge < -0.3 is 10.6 Å². The number of imide groups is 1. The van der Waals surface area contributed by atoms with Gasteiger partial charge in [-0.05, 0) is 18.4 Å². The Morgan fingerprint density at radius 3 is 2.76 bits per heavy atom. The largest absolute Gasteiger partial charge is 0.373 e. The van der Waals surface area contributed by atoms with Crippen molar-refractivity contribution in [2.24, 2.45) is 0 Å². The summed E-state index contributed by atoms with van der Waals surface area (Å²) in [6.07, 6.45) is 0. The molecule has 0 bridgehead atoms. The molecule has 1 atom stereocenters. The Bertz CT molecular complexity index is 693. The molecule has 2 aromatic rings. The maximum absolute atomic E-state index is 12.3. The lowest BCUT2D eigenvalue weighted by Crippen LogP contribution is -2.43. The Morgan fingerprint density at radius 2 is 2.00 bits per heavy atom. The van der Waals surface area contributed by atoms with Gasteiger partial charge in [0, 0.05) is 24.2 Å². The lowest BCUT2D eigenvalue weighted by atomic mass is 10.1. The van der Waals surface area contributed by atoms with Crippen molar-refractivity contribution in [3.63, 3.8) is 0 Å². The molecule has 108 valence electrons. The van der Waals surface area contributed by atoms with E-state index < -0.39 is 6.04 Å². The normalized spacial score (nSPS) is 15.9. The number of amides is 3. The second-order valence-electron chi connectivity index (χ2n) is 5.11. The van der Waals surface area contributed by atoms with Gasteiger partial charge in [-0.1, -0.05) is 36.4 Å². The summed E-state index contributed by atoms with van der Waals surface area (Å²) in [7, 11) is 0. The average molecular weight is 283 g/mol. The van der Waals surface area contributed by atoms with E-state index in [0.717, 1.165) is 16.5 Å². The number of rotatable bonds is 3. The predicted octanol–water partition coefficient (Wildman–Crippen LogP) is 2.19. The molecule has 1 saturated heterocycles. The fourth-order valence-corrected chi connectivity index (χ4v) is 2.56. The zero-order chi connectivity index (χ0) is 14.8. The fourth-order valence-electron chi connectivity index (χ4n) is 2.56. The van der Waals surface area contributed by atoms with Crippen LogP contribution < -0.4 is 10.6 Å². The van der Waals surface area contributed by atoms with Crippen LogP contribution in [0.4, 0.5) is 10.5 Å². The van der Waals surface area contributed by atoms with Gasteiger partial charge in [0.25, 0.3) is 5.91 Å². The van der Waals surface area contributed by atoms with Crippen LogP contribution in [0, 0.1) is 0 Å². The van der Waals surface area contributed by atoms with Crippen LogP contribution in [0.1, 0.15) is 6.92 Å². The fraction of sp³-hybridized carbons (Fsp3) is 0.250. The Labute approximate surface area is 122 Å². The van der Waals surface area contributed by atoms with Gasteiger partial charge in [-0.3, -0.25) is 9.69 Å². The highest BCUT2D eigenvalue weighted by molar-refractivity contribution is 6.01. The van der Waals surface area contributed by atoms with Gasteiger partial charge in [0.15, 0.2) is 0 Å². The molecule has 0 spiro atoms. The summed E-state index contributed by atoms with van der Waals surface area (Å²) < 4.78 is 0. The molecule has 0 aliphatic carbocycles. The topological polar surface area (TPSA) is 61.4 Å². The second kappa shape index (κ2) is 5.44. The first kappa shape index (κ1) is 13.4. The summed E-state index contributed by atoms with van der Waals surface area (Å²) in [5.74, 6) is -0.210. The molecule has 0 saturated carbocycles. The van der Waals surface area contributed by atoms with Crippen LogP contribution in [0.2, 0.25) is 0 Å². The van der Waals surface area contributed by atoms with Crippen molar-refractivity contribution in [1.29, 1.82) is 0 Å². The minimum Gasteiger partial charge on any atom is -0.373 e. The molecule has 0 unspecified atom stereocenters. The number of hydrogen-bond donors (Lipinski definition) is 2. The number of nitrogens with zero attached hydrogens (tertiary/aromatic N) is 1. The van der Waals surface area contributed by atoms with E-state index in [9.17, 15) is 9.59 Å². The van der Waals surface area contributed by atoms with Crippen LogP contribution in [0.5, 0.6) is 0 Å². The van der Waals surface area contributed by atoms with Crippen LogP contribution in [-0.4, -0.2) is 36.0 Å². The molecular weight excluding hydrogens is 266 g/mol. The van der Waals surface area contributed by atoms with E-state index in [4.69, 9.17) is 0 Å². The minimum absolute atomic E-state index is 0.210. The summed E-state index contributed by atoms with van der Waals surface area (Å²) in [5, 5.41) is 8.02. The second-order valence-corrected chi connectivity index (χ2v) is 5.11. The summed E-state index contributed by atoms with van der Waals surface area (Å²) in [4.78, 5) is 25.1. The first-order valence-electron chi connectivity index (χ1n) is 7.00. The number of carbonyl (C=O) groups excluding carboxylic acids is 2. The van der Waals surface area contributed by atoms with Crippen LogP contribution in [-0.2, 0) is 4.79 Å². The standard InChI is InChI=1S/C16H17N3O2/c1-11(15(20)19-10-9-17-16(19)21)18-14-8-4-6-12-5-2-3-7-13(12)14/h2-8,11,18H,9-10H2,1H3,(H,17,21)/t11-/m0/s1. The number of benzene rings is 2. The molecule has 0 radical (unpaired) electrons. The third kappa shape index (κ3) is 2.54. The van der Waals surface area contributed by atoms with E-state index >= 15 is 0 Å². The Morgan fingerprint density at radius 1 is 1.24 bits per heavy atom. The zero-order valence-electron chi connectivity index (χ0n) is 11.8. The van der Waals surface area contributed by atoms with Gasteiger partial charge in [0.2, 0.25) is 0 Å². The average Bonchev–Trinajstić information content (AvgIpc) is 2.93. The van der Waals surface area contributed by atoms with E-state index in [1.807, 2.05) is 42.5 Å². The molecule has 1 aliphatic rings. The maximum atomic E-state index is 12.3. The summed E-state index contributed by atoms with van der Waals surface area (Å²) in [6, 6.07) is 13.1. The van der Waals surface area contributed by atoms with Crippen LogP contribution in [0.25, 0.3) is 10.8 Å². The molecule has 1 fully saturated rings. The lowest BCUT2D eigenvalue weighted by molar-refractivity contribution is -0.128. The van der Waals surface area contributed by atoms with Crippen molar-refractivity contribution in [3.05, 3.63) is 42.5 Å². The van der Waals surface area contributed by atoms with E-state index in [2.05, 4.69) is 10.6 Å². The Hall–Kier alpha value is -2.56. The van der Waals surface area contributed by atoms with Gasteiger partial charge in [0.05, 0.1) is 0 Å². The minimum atomic E-state index is -0.459. The molecule has 2 N–H and O–H groups in total. The molecule has 0 aromatic heterocycles. The number of urea groups is 1. The maximum Gasteiger partial charge on any atom is 0.324 e. The number of anilines is 1. The molecule has 1 aliphatic heterocycles. The molecular formula is C16H17N3O2. The van der Waals surface area contributed by atoms with Crippen LogP contribution >= 0.6 is 0 Å². The van der Waals surface area contributed by atoms with E-state index in [-0.39, 0.29) is 11.9 Å². The van der Waals surface area contributed by atoms with Crippen molar-refractivity contribution in [3.8, 4) is 0 Å². The molecule has 21 heavy (non-hydrogen) atoms. The van der Waals surface area contributed by atoms with Gasteiger partial charge in [-0.15, -0.1) is 0 Å². The van der Waals surface area contributed by atoms with Crippen LogP contribution in [0.15, 0.2) is 42.5 Å². The zero-order valence-corrected chi connectivity index (χ0v) is 11.8. The highest BCUT2D eigenvalue weighted by atomic mass is 16.2. The summed E-state index contributed by atoms with van der Waals surface area (Å²) >= 11 is 0. The van der Waals surface area contributed by atoms with Crippen molar-refractivity contribution in [2.45, 2.75) is 13.0 Å². The van der Waals surface area contributed by atoms with Gasteiger partial charge in [-0.25, -0.2) is 4.79 Å². The Kier molecular flexibility index (Phi) is 3.48. The molecule has 5 heteroatoms. The monoisotopic (exact) mass is 283 g/mol. The first-order valence-corrected chi connectivity index (χ1v) is 7.00. The van der Waals surface area contributed by atoms with Crippen molar-refractivity contribution >= 4 is 28.4 Å². The molecule has 3 rings (SSSR count). The van der Waals surface area contributed by atoms with Crippen molar-refractivity contribution in [1.82, 2.24) is 10.2 Å². The van der Waals surface area contributed by atoms with Gasteiger partial charge in [-0.2, -0.15) is 0 Å². The van der Waals surface area contributed by atoms with Crippen molar-refractivity contribution in [2.75, 3.05) is 18.4 Å². The first-order chi connectivity index (χ1) is 10.2. The number of nitrogens with one attached hydrogen (secondary N) is 2. The SMILES string of the molecule is C[C@H](Nc1cccc2ccccc12)C(=O)N1CCNC1=O. The summed E-state index contributed by atoms with van der Waals surface area (Å²) in [6.45, 7) is 2.72. The molecule has 3 amide bonds. The molecule has 2 aromatic carbocycles. The lowest BCUT2D eigenvalue weighted by Gasteiger charge is -2.20. The Balaban J connectivity index is 1.81. The van der Waals surface area contributed by atoms with Gasteiger partial charge in [0.1, 0.15) is 6.04 Å². The quantitative estimate of drug-likeness (QED) is 0.907. The number of carbonyl (C=O) groups is 2. The predicted molar refractivity (Wildman–Crippen MR) is 82.1 cm³/mol. The number of hydrogen-bond acceptors (Lipinski definition) is 3. The number of fused-ring (bicyclic) bond motifs is 1. The highest BCUT2D eigenvalue weighted by Gasteiger charge is 2.29. The molecule has 5 nitrogen and oxygen atoms in total. The van der Waals surface area contributed by atoms with E-state index in [1.54, 1.807) is 6.92 Å². The van der Waals surface area contributed by atoms with E-state index in [0.29, 0.717) is 13.1 Å². The van der Waals surface area contributed by atoms with Gasteiger partial charge >= 0.3 is 6.03 Å². The molecule has 1 heterocycles. The summed E-state index contributed by atoms with van der Waals surface area (Å²) in [5.41, 5.74) is 0.897. The third-order valence-electron chi connectivity index (χ3n) is 3.65. The van der Waals surface area contributed by atoms with Crippen molar-refractivity contribution < 1.29 is 9.59 Å². The third-order valence-corrected chi connectivity index (χ3v) is 3.65. The highest BCUT2D eigenvalue weighted by Crippen LogP contribution is 2.23. The smallest absolute Gasteiger partial charge is 0.324 e.